The Labute approximate surface area is 166 Å². The van der Waals surface area contributed by atoms with Crippen molar-refractivity contribution in [2.45, 2.75) is 39.7 Å². The minimum atomic E-state index is -0.0775. The van der Waals surface area contributed by atoms with Crippen molar-refractivity contribution in [1.29, 1.82) is 0 Å². The SMILES string of the molecule is CN=C(NCCN1C(=O)CCCC1=O)NCc1ccc(C)cc1C.I. The minimum Gasteiger partial charge on any atom is -0.355 e. The highest BCUT2D eigenvalue weighted by molar-refractivity contribution is 14.0. The molecular weight excluding hydrogens is 431 g/mol. The summed E-state index contributed by atoms with van der Waals surface area (Å²) in [7, 11) is 1.70. The van der Waals surface area contributed by atoms with Gasteiger partial charge in [-0.15, -0.1) is 24.0 Å². The van der Waals surface area contributed by atoms with E-state index in [0.29, 0.717) is 44.9 Å². The summed E-state index contributed by atoms with van der Waals surface area (Å²) in [5.74, 6) is 0.504. The first-order valence-corrected chi connectivity index (χ1v) is 8.35. The number of amides is 2. The molecule has 0 aromatic heterocycles. The molecule has 1 aromatic rings. The molecule has 6 nitrogen and oxygen atoms in total. The van der Waals surface area contributed by atoms with Gasteiger partial charge in [-0.2, -0.15) is 0 Å². The van der Waals surface area contributed by atoms with Crippen LogP contribution in [0.4, 0.5) is 0 Å². The molecule has 138 valence electrons. The number of aliphatic imine (C=N–C) groups is 1. The fourth-order valence-corrected chi connectivity index (χ4v) is 2.78. The van der Waals surface area contributed by atoms with Gasteiger partial charge in [-0.25, -0.2) is 0 Å². The molecule has 0 spiro atoms. The number of piperidine rings is 1. The van der Waals surface area contributed by atoms with Gasteiger partial charge in [-0.1, -0.05) is 23.8 Å². The van der Waals surface area contributed by atoms with Crippen LogP contribution in [-0.4, -0.2) is 42.8 Å². The second-order valence-electron chi connectivity index (χ2n) is 6.08. The Kier molecular flexibility index (Phi) is 8.88. The summed E-state index contributed by atoms with van der Waals surface area (Å²) in [5, 5.41) is 6.41. The van der Waals surface area contributed by atoms with Crippen LogP contribution in [-0.2, 0) is 16.1 Å². The van der Waals surface area contributed by atoms with E-state index < -0.39 is 0 Å². The largest absolute Gasteiger partial charge is 0.355 e. The lowest BCUT2D eigenvalue weighted by molar-refractivity contribution is -0.147. The van der Waals surface area contributed by atoms with E-state index in [1.54, 1.807) is 7.05 Å². The smallest absolute Gasteiger partial charge is 0.229 e. The molecule has 0 radical (unpaired) electrons. The maximum absolute atomic E-state index is 11.8. The summed E-state index contributed by atoms with van der Waals surface area (Å²) in [5.41, 5.74) is 3.70. The van der Waals surface area contributed by atoms with E-state index >= 15 is 0 Å². The van der Waals surface area contributed by atoms with E-state index in [-0.39, 0.29) is 35.8 Å². The molecule has 0 aliphatic carbocycles. The number of rotatable bonds is 5. The number of hydrogen-bond donors (Lipinski definition) is 2. The van der Waals surface area contributed by atoms with Gasteiger partial charge in [0, 0.05) is 39.5 Å². The van der Waals surface area contributed by atoms with Crippen LogP contribution in [0.1, 0.15) is 36.0 Å². The van der Waals surface area contributed by atoms with Gasteiger partial charge >= 0.3 is 0 Å². The van der Waals surface area contributed by atoms with Crippen LogP contribution in [0.3, 0.4) is 0 Å². The second-order valence-corrected chi connectivity index (χ2v) is 6.08. The number of carbonyl (C=O) groups is 2. The van der Waals surface area contributed by atoms with E-state index in [1.165, 1.54) is 21.6 Å². The number of aryl methyl sites for hydroxylation is 2. The Morgan fingerprint density at radius 3 is 2.44 bits per heavy atom. The average Bonchev–Trinajstić information content (AvgIpc) is 2.54. The van der Waals surface area contributed by atoms with Crippen LogP contribution in [0.15, 0.2) is 23.2 Å². The third-order valence-electron chi connectivity index (χ3n) is 4.18. The van der Waals surface area contributed by atoms with Crippen molar-refractivity contribution in [1.82, 2.24) is 15.5 Å². The van der Waals surface area contributed by atoms with Crippen LogP contribution >= 0.6 is 24.0 Å². The number of nitrogens with zero attached hydrogens (tertiary/aromatic N) is 2. The van der Waals surface area contributed by atoms with E-state index in [2.05, 4.69) is 47.7 Å². The molecular formula is C18H27IN4O2. The maximum Gasteiger partial charge on any atom is 0.229 e. The molecule has 1 heterocycles. The number of hydrogen-bond acceptors (Lipinski definition) is 3. The molecule has 1 aliphatic heterocycles. The molecule has 0 unspecified atom stereocenters. The molecule has 2 rings (SSSR count). The van der Waals surface area contributed by atoms with Crippen LogP contribution in [0, 0.1) is 13.8 Å². The number of carbonyl (C=O) groups excluding carboxylic acids is 2. The fraction of sp³-hybridized carbons (Fsp3) is 0.500. The monoisotopic (exact) mass is 458 g/mol. The number of guanidine groups is 1. The molecule has 1 aliphatic rings. The fourth-order valence-electron chi connectivity index (χ4n) is 2.78. The first kappa shape index (κ1) is 21.4. The normalized spacial score (nSPS) is 15.0. The highest BCUT2D eigenvalue weighted by Gasteiger charge is 2.25. The van der Waals surface area contributed by atoms with Gasteiger partial charge in [0.1, 0.15) is 0 Å². The molecule has 0 saturated carbocycles. The molecule has 2 amide bonds. The maximum atomic E-state index is 11.8. The van der Waals surface area contributed by atoms with Crippen LogP contribution in [0.2, 0.25) is 0 Å². The van der Waals surface area contributed by atoms with Gasteiger partial charge in [0.2, 0.25) is 11.8 Å². The third kappa shape index (κ3) is 6.30. The van der Waals surface area contributed by atoms with Crippen molar-refractivity contribution in [3.05, 3.63) is 34.9 Å². The zero-order valence-electron chi connectivity index (χ0n) is 15.1. The van der Waals surface area contributed by atoms with Crippen molar-refractivity contribution in [3.63, 3.8) is 0 Å². The molecule has 1 saturated heterocycles. The first-order chi connectivity index (χ1) is 11.5. The van der Waals surface area contributed by atoms with E-state index in [0.717, 1.165) is 0 Å². The standard InChI is InChI=1S/C18H26N4O2.HI/c1-13-7-8-15(14(2)11-13)12-21-18(19-3)20-9-10-22-16(23)5-4-6-17(22)24;/h7-8,11H,4-6,9-10,12H2,1-3H3,(H2,19,20,21);1H. The second kappa shape index (κ2) is 10.4. The zero-order valence-corrected chi connectivity index (χ0v) is 17.4. The Hall–Kier alpha value is -1.64. The van der Waals surface area contributed by atoms with Crippen molar-refractivity contribution >= 4 is 41.8 Å². The minimum absolute atomic E-state index is 0. The Bertz CT molecular complexity index is 630. The Morgan fingerprint density at radius 1 is 1.16 bits per heavy atom. The summed E-state index contributed by atoms with van der Waals surface area (Å²) in [4.78, 5) is 29.0. The van der Waals surface area contributed by atoms with Gasteiger partial charge in [0.05, 0.1) is 0 Å². The van der Waals surface area contributed by atoms with Crippen LogP contribution in [0.5, 0.6) is 0 Å². The van der Waals surface area contributed by atoms with Crippen molar-refractivity contribution in [2.75, 3.05) is 20.1 Å². The number of nitrogens with one attached hydrogen (secondary N) is 2. The highest BCUT2D eigenvalue weighted by atomic mass is 127. The predicted molar refractivity (Wildman–Crippen MR) is 110 cm³/mol. The van der Waals surface area contributed by atoms with Crippen molar-refractivity contribution < 1.29 is 9.59 Å². The summed E-state index contributed by atoms with van der Waals surface area (Å²) < 4.78 is 0. The van der Waals surface area contributed by atoms with Crippen molar-refractivity contribution in [3.8, 4) is 0 Å². The summed E-state index contributed by atoms with van der Waals surface area (Å²) in [6.07, 6.45) is 1.59. The summed E-state index contributed by atoms with van der Waals surface area (Å²) in [6.45, 7) is 5.71. The lowest BCUT2D eigenvalue weighted by Gasteiger charge is -2.25. The van der Waals surface area contributed by atoms with Crippen LogP contribution < -0.4 is 10.6 Å². The molecule has 25 heavy (non-hydrogen) atoms. The molecule has 7 heteroatoms. The first-order valence-electron chi connectivity index (χ1n) is 8.35. The predicted octanol–water partition coefficient (Wildman–Crippen LogP) is 2.13. The Balaban J connectivity index is 0.00000312. The number of halogens is 1. The van der Waals surface area contributed by atoms with Crippen molar-refractivity contribution in [2.24, 2.45) is 4.99 Å². The average molecular weight is 458 g/mol. The van der Waals surface area contributed by atoms with E-state index in [1.807, 2.05) is 0 Å². The summed E-state index contributed by atoms with van der Waals surface area (Å²) >= 11 is 0. The third-order valence-corrected chi connectivity index (χ3v) is 4.18. The van der Waals surface area contributed by atoms with Gasteiger partial charge in [-0.3, -0.25) is 19.5 Å². The number of likely N-dealkylation sites (tertiary alicyclic amines) is 1. The van der Waals surface area contributed by atoms with Gasteiger partial charge in [0.15, 0.2) is 5.96 Å². The topological polar surface area (TPSA) is 73.8 Å². The molecule has 1 fully saturated rings. The highest BCUT2D eigenvalue weighted by Crippen LogP contribution is 2.11. The van der Waals surface area contributed by atoms with Crippen LogP contribution in [0.25, 0.3) is 0 Å². The lowest BCUT2D eigenvalue weighted by Crippen LogP contribution is -2.46. The van der Waals surface area contributed by atoms with Gasteiger partial charge in [-0.05, 0) is 31.4 Å². The Morgan fingerprint density at radius 2 is 1.84 bits per heavy atom. The zero-order chi connectivity index (χ0) is 17.5. The van der Waals surface area contributed by atoms with E-state index in [9.17, 15) is 9.59 Å². The number of imide groups is 1. The quantitative estimate of drug-likeness (QED) is 0.307. The molecule has 1 aromatic carbocycles. The van der Waals surface area contributed by atoms with E-state index in [4.69, 9.17) is 0 Å². The summed E-state index contributed by atoms with van der Waals surface area (Å²) in [6, 6.07) is 6.35. The molecule has 0 bridgehead atoms. The molecule has 2 N–H and O–H groups in total. The number of benzene rings is 1. The molecule has 0 atom stereocenters. The van der Waals surface area contributed by atoms with Gasteiger partial charge in [0.25, 0.3) is 0 Å². The lowest BCUT2D eigenvalue weighted by atomic mass is 10.1. The van der Waals surface area contributed by atoms with Gasteiger partial charge < -0.3 is 10.6 Å².